The van der Waals surface area contributed by atoms with Crippen molar-refractivity contribution in [3.63, 3.8) is 0 Å². The van der Waals surface area contributed by atoms with Gasteiger partial charge in [-0.25, -0.2) is 4.98 Å². The molecule has 1 heterocycles. The number of thiazole rings is 1. The van der Waals surface area contributed by atoms with Crippen molar-refractivity contribution in [1.29, 1.82) is 0 Å². The van der Waals surface area contributed by atoms with E-state index in [0.29, 0.717) is 21.7 Å². The van der Waals surface area contributed by atoms with E-state index in [0.717, 1.165) is 3.79 Å². The molecule has 1 aromatic carbocycles. The Labute approximate surface area is 104 Å². The lowest BCUT2D eigenvalue weighted by Crippen LogP contribution is -1.87. The number of nitrogens with zero attached hydrogens (tertiary/aromatic N) is 1. The van der Waals surface area contributed by atoms with Crippen molar-refractivity contribution in [1.82, 2.24) is 4.98 Å². The first-order valence-electron chi connectivity index (χ1n) is 3.99. The fraction of sp³-hybridized carbons (Fsp3) is 0. The molecule has 0 spiro atoms. The fourth-order valence-corrected chi connectivity index (χ4v) is 2.16. The van der Waals surface area contributed by atoms with Crippen molar-refractivity contribution in [3.05, 3.63) is 33.2 Å². The Kier molecular flexibility index (Phi) is 3.14. The van der Waals surface area contributed by atoms with Gasteiger partial charge in [-0.2, -0.15) is 0 Å². The van der Waals surface area contributed by atoms with Crippen LogP contribution in [0.3, 0.4) is 0 Å². The molecule has 2 aromatic rings. The van der Waals surface area contributed by atoms with Gasteiger partial charge in [-0.3, -0.25) is 0 Å². The Morgan fingerprint density at radius 2 is 2.27 bits per heavy atom. The van der Waals surface area contributed by atoms with Crippen molar-refractivity contribution in [2.45, 2.75) is 0 Å². The van der Waals surface area contributed by atoms with Crippen LogP contribution < -0.4 is 10.5 Å². The minimum Gasteiger partial charge on any atom is -0.431 e. The van der Waals surface area contributed by atoms with E-state index in [1.807, 2.05) is 0 Å². The third-order valence-electron chi connectivity index (χ3n) is 1.63. The molecule has 6 heteroatoms. The molecule has 0 radical (unpaired) electrons. The van der Waals surface area contributed by atoms with Gasteiger partial charge in [-0.1, -0.05) is 22.9 Å². The van der Waals surface area contributed by atoms with E-state index in [4.69, 9.17) is 22.1 Å². The van der Waals surface area contributed by atoms with Gasteiger partial charge in [0.15, 0.2) is 0 Å². The quantitative estimate of drug-likeness (QED) is 0.855. The maximum absolute atomic E-state index is 5.85. The molecule has 1 aromatic heterocycles. The topological polar surface area (TPSA) is 48.1 Å². The van der Waals surface area contributed by atoms with Gasteiger partial charge in [0.1, 0.15) is 5.75 Å². The zero-order chi connectivity index (χ0) is 10.8. The average Bonchev–Trinajstić information content (AvgIpc) is 2.58. The van der Waals surface area contributed by atoms with Crippen LogP contribution in [-0.2, 0) is 0 Å². The number of benzene rings is 1. The molecule has 0 aliphatic heterocycles. The van der Waals surface area contributed by atoms with Crippen molar-refractivity contribution in [2.24, 2.45) is 0 Å². The highest BCUT2D eigenvalue weighted by atomic mass is 79.9. The number of anilines is 1. The van der Waals surface area contributed by atoms with E-state index in [-0.39, 0.29) is 0 Å². The van der Waals surface area contributed by atoms with Crippen molar-refractivity contribution in [2.75, 3.05) is 5.73 Å². The highest BCUT2D eigenvalue weighted by molar-refractivity contribution is 9.11. The molecule has 0 bridgehead atoms. The van der Waals surface area contributed by atoms with Gasteiger partial charge in [0.2, 0.25) is 0 Å². The zero-order valence-corrected chi connectivity index (χ0v) is 10.6. The van der Waals surface area contributed by atoms with Gasteiger partial charge in [-0.05, 0) is 28.1 Å². The first-order valence-corrected chi connectivity index (χ1v) is 5.98. The first-order chi connectivity index (χ1) is 7.15. The molecule has 2 rings (SSSR count). The predicted octanol–water partition coefficient (Wildman–Crippen LogP) is 3.93. The van der Waals surface area contributed by atoms with Crippen LogP contribution in [0.15, 0.2) is 28.2 Å². The number of hydrogen-bond acceptors (Lipinski definition) is 4. The van der Waals surface area contributed by atoms with Crippen LogP contribution >= 0.6 is 38.9 Å². The second kappa shape index (κ2) is 4.38. The first kappa shape index (κ1) is 10.7. The van der Waals surface area contributed by atoms with E-state index in [2.05, 4.69) is 20.9 Å². The van der Waals surface area contributed by atoms with E-state index in [9.17, 15) is 0 Å². The van der Waals surface area contributed by atoms with Gasteiger partial charge < -0.3 is 10.5 Å². The largest absolute Gasteiger partial charge is 0.431 e. The minimum atomic E-state index is 0.475. The molecule has 0 saturated carbocycles. The number of rotatable bonds is 2. The van der Waals surface area contributed by atoms with Crippen molar-refractivity contribution in [3.8, 4) is 10.9 Å². The smallest absolute Gasteiger partial charge is 0.279 e. The summed E-state index contributed by atoms with van der Waals surface area (Å²) in [7, 11) is 0. The Hall–Kier alpha value is -0.780. The van der Waals surface area contributed by atoms with Crippen LogP contribution in [0.2, 0.25) is 5.02 Å². The van der Waals surface area contributed by atoms with Crippen LogP contribution in [0.4, 0.5) is 5.69 Å². The highest BCUT2D eigenvalue weighted by Gasteiger charge is 2.04. The molecule has 0 aliphatic rings. The van der Waals surface area contributed by atoms with Crippen LogP contribution in [0.5, 0.6) is 10.9 Å². The Balaban J connectivity index is 2.21. The summed E-state index contributed by atoms with van der Waals surface area (Å²) in [5.41, 5.74) is 6.11. The van der Waals surface area contributed by atoms with Gasteiger partial charge in [0.05, 0.1) is 20.7 Å². The number of aromatic nitrogens is 1. The lowest BCUT2D eigenvalue weighted by molar-refractivity contribution is 0.479. The summed E-state index contributed by atoms with van der Waals surface area (Å²) in [5.74, 6) is 0.621. The molecule has 0 amide bonds. The standard InChI is InChI=1S/C9H6BrClN2OS/c10-8-4-13-9(15-8)14-5-1-2-7(12)6(11)3-5/h1-4H,12H2. The van der Waals surface area contributed by atoms with Crippen LogP contribution in [0.25, 0.3) is 0 Å². The van der Waals surface area contributed by atoms with E-state index < -0.39 is 0 Å². The van der Waals surface area contributed by atoms with E-state index in [1.54, 1.807) is 24.4 Å². The van der Waals surface area contributed by atoms with Crippen molar-refractivity contribution < 1.29 is 4.74 Å². The molecule has 0 fully saturated rings. The van der Waals surface area contributed by atoms with Gasteiger partial charge >= 0.3 is 0 Å². The molecule has 2 N–H and O–H groups in total. The molecule has 15 heavy (non-hydrogen) atoms. The molecule has 0 saturated heterocycles. The number of hydrogen-bond donors (Lipinski definition) is 1. The Bertz CT molecular complexity index is 489. The molecule has 0 atom stereocenters. The molecule has 0 aliphatic carbocycles. The van der Waals surface area contributed by atoms with Gasteiger partial charge in [-0.15, -0.1) is 0 Å². The van der Waals surface area contributed by atoms with Gasteiger partial charge in [0, 0.05) is 6.07 Å². The van der Waals surface area contributed by atoms with E-state index >= 15 is 0 Å². The maximum Gasteiger partial charge on any atom is 0.279 e. The lowest BCUT2D eigenvalue weighted by Gasteiger charge is -2.03. The summed E-state index contributed by atoms with van der Waals surface area (Å²) in [5, 5.41) is 1.03. The number of nitrogens with two attached hydrogens (primary N) is 1. The predicted molar refractivity (Wildman–Crippen MR) is 65.8 cm³/mol. The molecular formula is C9H6BrClN2OS. The zero-order valence-electron chi connectivity index (χ0n) is 7.41. The van der Waals surface area contributed by atoms with E-state index in [1.165, 1.54) is 11.3 Å². The molecular weight excluding hydrogens is 300 g/mol. The summed E-state index contributed by atoms with van der Waals surface area (Å²) in [4.78, 5) is 4.04. The monoisotopic (exact) mass is 304 g/mol. The summed E-state index contributed by atoms with van der Waals surface area (Å²) >= 11 is 10.6. The van der Waals surface area contributed by atoms with Crippen molar-refractivity contribution >= 4 is 44.6 Å². The van der Waals surface area contributed by atoms with Gasteiger partial charge in [0.25, 0.3) is 5.19 Å². The third-order valence-corrected chi connectivity index (χ3v) is 3.31. The Morgan fingerprint density at radius 1 is 1.47 bits per heavy atom. The maximum atomic E-state index is 5.85. The lowest BCUT2D eigenvalue weighted by atomic mass is 10.3. The fourth-order valence-electron chi connectivity index (χ4n) is 0.959. The highest BCUT2D eigenvalue weighted by Crippen LogP contribution is 2.31. The normalized spacial score (nSPS) is 10.3. The summed E-state index contributed by atoms with van der Waals surface area (Å²) < 4.78 is 6.39. The molecule has 0 unspecified atom stereocenters. The second-order valence-electron chi connectivity index (χ2n) is 2.72. The average molecular weight is 306 g/mol. The SMILES string of the molecule is Nc1ccc(Oc2ncc(Br)s2)cc1Cl. The Morgan fingerprint density at radius 3 is 2.87 bits per heavy atom. The van der Waals surface area contributed by atoms with Crippen LogP contribution in [0.1, 0.15) is 0 Å². The number of halogens is 2. The van der Waals surface area contributed by atoms with Crippen LogP contribution in [-0.4, -0.2) is 4.98 Å². The number of ether oxygens (including phenoxy) is 1. The third kappa shape index (κ3) is 2.62. The second-order valence-corrected chi connectivity index (χ2v) is 5.50. The number of nitrogen functional groups attached to an aromatic ring is 1. The summed E-state index contributed by atoms with van der Waals surface area (Å²) in [6.45, 7) is 0. The molecule has 78 valence electrons. The summed E-state index contributed by atoms with van der Waals surface area (Å²) in [6, 6.07) is 5.10. The minimum absolute atomic E-state index is 0.475. The van der Waals surface area contributed by atoms with Crippen LogP contribution in [0, 0.1) is 0 Å². The summed E-state index contributed by atoms with van der Waals surface area (Å²) in [6.07, 6.45) is 1.68. The molecule has 3 nitrogen and oxygen atoms in total.